The second kappa shape index (κ2) is 8.06. The fourth-order valence-corrected chi connectivity index (χ4v) is 3.34. The second-order valence-corrected chi connectivity index (χ2v) is 6.48. The largest absolute Gasteiger partial charge is 0.349 e. The van der Waals surface area contributed by atoms with E-state index < -0.39 is 0 Å². The fourth-order valence-electron chi connectivity index (χ4n) is 3.06. The summed E-state index contributed by atoms with van der Waals surface area (Å²) in [6.45, 7) is 1.87. The van der Waals surface area contributed by atoms with Crippen molar-refractivity contribution in [1.82, 2.24) is 10.2 Å². The average molecular weight is 338 g/mol. The van der Waals surface area contributed by atoms with Crippen molar-refractivity contribution in [3.63, 3.8) is 0 Å². The fraction of sp³-hybridized carbons (Fsp3) is 0.300. The zero-order chi connectivity index (χ0) is 16.8. The second-order valence-electron chi connectivity index (χ2n) is 6.10. The van der Waals surface area contributed by atoms with Crippen molar-refractivity contribution in [3.8, 4) is 0 Å². The van der Waals surface area contributed by atoms with Gasteiger partial charge in [-0.15, -0.1) is 0 Å². The van der Waals surface area contributed by atoms with Gasteiger partial charge in [0, 0.05) is 19.2 Å². The number of amides is 1. The van der Waals surface area contributed by atoms with E-state index in [1.807, 2.05) is 30.3 Å². The number of carbonyl (C=O) groups is 1. The van der Waals surface area contributed by atoms with Gasteiger partial charge in [-0.3, -0.25) is 10.1 Å². The van der Waals surface area contributed by atoms with Gasteiger partial charge in [-0.1, -0.05) is 55.3 Å². The Labute approximate surface area is 148 Å². The van der Waals surface area contributed by atoms with Gasteiger partial charge < -0.3 is 4.90 Å². The van der Waals surface area contributed by atoms with E-state index in [9.17, 15) is 4.79 Å². The van der Waals surface area contributed by atoms with E-state index in [0.29, 0.717) is 5.11 Å². The van der Waals surface area contributed by atoms with Crippen LogP contribution in [0.4, 0.5) is 0 Å². The molecular formula is C20H22N2OS. The zero-order valence-corrected chi connectivity index (χ0v) is 14.5. The molecule has 0 bridgehead atoms. The van der Waals surface area contributed by atoms with Crippen LogP contribution in [0, 0.1) is 0 Å². The van der Waals surface area contributed by atoms with Crippen LogP contribution >= 0.6 is 12.2 Å². The molecule has 4 heteroatoms. The van der Waals surface area contributed by atoms with Crippen molar-refractivity contribution < 1.29 is 4.79 Å². The van der Waals surface area contributed by atoms with Crippen LogP contribution in [-0.2, 0) is 4.79 Å². The summed E-state index contributed by atoms with van der Waals surface area (Å²) < 4.78 is 0. The molecule has 124 valence electrons. The summed E-state index contributed by atoms with van der Waals surface area (Å²) in [5.74, 6) is -0.169. The van der Waals surface area contributed by atoms with Gasteiger partial charge in [-0.2, -0.15) is 0 Å². The number of hydrogen-bond acceptors (Lipinski definition) is 2. The molecule has 0 unspecified atom stereocenters. The van der Waals surface area contributed by atoms with Crippen LogP contribution < -0.4 is 5.32 Å². The number of thiocarbonyl (C=S) groups is 1. The third kappa shape index (κ3) is 4.20. The van der Waals surface area contributed by atoms with E-state index in [4.69, 9.17) is 12.2 Å². The van der Waals surface area contributed by atoms with E-state index in [0.717, 1.165) is 36.9 Å². The highest BCUT2D eigenvalue weighted by molar-refractivity contribution is 7.80. The molecule has 1 heterocycles. The number of rotatable bonds is 2. The van der Waals surface area contributed by atoms with Crippen LogP contribution in [0.5, 0.6) is 0 Å². The molecule has 2 aromatic carbocycles. The van der Waals surface area contributed by atoms with Gasteiger partial charge in [0.1, 0.15) is 0 Å². The maximum atomic E-state index is 12.2. The molecule has 2 aromatic rings. The lowest BCUT2D eigenvalue weighted by molar-refractivity contribution is -0.115. The van der Waals surface area contributed by atoms with E-state index in [2.05, 4.69) is 28.4 Å². The molecule has 1 amide bonds. The molecule has 0 saturated carbocycles. The lowest BCUT2D eigenvalue weighted by Gasteiger charge is -2.22. The van der Waals surface area contributed by atoms with Crippen molar-refractivity contribution in [1.29, 1.82) is 0 Å². The summed E-state index contributed by atoms with van der Waals surface area (Å²) in [6, 6.07) is 14.2. The SMILES string of the molecule is O=C(/C=C/c1cccc2ccccc12)NC(=S)N1CCCCCC1. The smallest absolute Gasteiger partial charge is 0.250 e. The Kier molecular flexibility index (Phi) is 5.59. The van der Waals surface area contributed by atoms with E-state index in [1.54, 1.807) is 6.08 Å². The van der Waals surface area contributed by atoms with Crippen molar-refractivity contribution in [2.75, 3.05) is 13.1 Å². The first-order valence-electron chi connectivity index (χ1n) is 8.50. The number of nitrogens with one attached hydrogen (secondary N) is 1. The maximum Gasteiger partial charge on any atom is 0.250 e. The van der Waals surface area contributed by atoms with Crippen LogP contribution in [0.15, 0.2) is 48.5 Å². The third-order valence-electron chi connectivity index (χ3n) is 4.36. The van der Waals surface area contributed by atoms with Gasteiger partial charge in [0.05, 0.1) is 0 Å². The molecule has 1 saturated heterocycles. The minimum absolute atomic E-state index is 0.169. The van der Waals surface area contributed by atoms with E-state index in [1.165, 1.54) is 18.2 Å². The summed E-state index contributed by atoms with van der Waals surface area (Å²) in [6.07, 6.45) is 8.18. The van der Waals surface area contributed by atoms with Crippen molar-refractivity contribution in [2.45, 2.75) is 25.7 Å². The predicted molar refractivity (Wildman–Crippen MR) is 104 cm³/mol. The minimum atomic E-state index is -0.169. The highest BCUT2D eigenvalue weighted by Crippen LogP contribution is 2.19. The Hall–Kier alpha value is -2.20. The zero-order valence-electron chi connectivity index (χ0n) is 13.7. The minimum Gasteiger partial charge on any atom is -0.349 e. The Balaban J connectivity index is 1.65. The van der Waals surface area contributed by atoms with Crippen LogP contribution in [0.2, 0.25) is 0 Å². The topological polar surface area (TPSA) is 32.3 Å². The summed E-state index contributed by atoms with van der Waals surface area (Å²) in [4.78, 5) is 14.3. The number of likely N-dealkylation sites (tertiary alicyclic amines) is 1. The van der Waals surface area contributed by atoms with Crippen molar-refractivity contribution in [3.05, 3.63) is 54.1 Å². The molecule has 0 aromatic heterocycles. The number of benzene rings is 2. The van der Waals surface area contributed by atoms with Crippen molar-refractivity contribution >= 4 is 40.1 Å². The lowest BCUT2D eigenvalue weighted by atomic mass is 10.0. The van der Waals surface area contributed by atoms with Gasteiger partial charge in [0.15, 0.2) is 5.11 Å². The summed E-state index contributed by atoms with van der Waals surface area (Å²) in [5.41, 5.74) is 1.03. The van der Waals surface area contributed by atoms with Gasteiger partial charge >= 0.3 is 0 Å². The molecule has 3 nitrogen and oxygen atoms in total. The van der Waals surface area contributed by atoms with Crippen LogP contribution in [0.3, 0.4) is 0 Å². The lowest BCUT2D eigenvalue weighted by Crippen LogP contribution is -2.42. The van der Waals surface area contributed by atoms with Gasteiger partial charge in [0.2, 0.25) is 5.91 Å². The van der Waals surface area contributed by atoms with Gasteiger partial charge in [-0.05, 0) is 47.5 Å². The number of hydrogen-bond donors (Lipinski definition) is 1. The molecule has 1 N–H and O–H groups in total. The predicted octanol–water partition coefficient (Wildman–Crippen LogP) is 4.13. The number of fused-ring (bicyclic) bond motifs is 1. The molecule has 0 atom stereocenters. The molecule has 0 aliphatic carbocycles. The highest BCUT2D eigenvalue weighted by Gasteiger charge is 2.13. The monoisotopic (exact) mass is 338 g/mol. The number of carbonyl (C=O) groups excluding carboxylic acids is 1. The molecule has 1 aliphatic heterocycles. The quantitative estimate of drug-likeness (QED) is 0.660. The standard InChI is InChI=1S/C20H22N2OS/c23-19(21-20(24)22-14-5-1-2-6-15-22)13-12-17-10-7-9-16-8-3-4-11-18(16)17/h3-4,7-13H,1-2,5-6,14-15H2,(H,21,23,24)/b13-12+. The Bertz CT molecular complexity index is 756. The maximum absolute atomic E-state index is 12.2. The van der Waals surface area contributed by atoms with Crippen LogP contribution in [0.25, 0.3) is 16.8 Å². The summed E-state index contributed by atoms with van der Waals surface area (Å²) in [5, 5.41) is 5.68. The van der Waals surface area contributed by atoms with Crippen LogP contribution in [-0.4, -0.2) is 29.0 Å². The van der Waals surface area contributed by atoms with Gasteiger partial charge in [-0.25, -0.2) is 0 Å². The first kappa shape index (κ1) is 16.7. The molecule has 0 spiro atoms. The Morgan fingerprint density at radius 3 is 2.50 bits per heavy atom. The third-order valence-corrected chi connectivity index (χ3v) is 4.72. The van der Waals surface area contributed by atoms with Crippen molar-refractivity contribution in [2.24, 2.45) is 0 Å². The molecule has 24 heavy (non-hydrogen) atoms. The summed E-state index contributed by atoms with van der Waals surface area (Å²) in [7, 11) is 0. The molecular weight excluding hydrogens is 316 g/mol. The average Bonchev–Trinajstić information content (AvgIpc) is 2.89. The molecule has 1 aliphatic rings. The number of nitrogens with zero attached hydrogens (tertiary/aromatic N) is 1. The Morgan fingerprint density at radius 2 is 1.71 bits per heavy atom. The van der Waals surface area contributed by atoms with E-state index in [-0.39, 0.29) is 5.91 Å². The first-order chi connectivity index (χ1) is 11.7. The molecule has 1 fully saturated rings. The highest BCUT2D eigenvalue weighted by atomic mass is 32.1. The van der Waals surface area contributed by atoms with Crippen LogP contribution in [0.1, 0.15) is 31.2 Å². The molecule has 0 radical (unpaired) electrons. The van der Waals surface area contributed by atoms with E-state index >= 15 is 0 Å². The normalized spacial score (nSPS) is 15.4. The van der Waals surface area contributed by atoms with Gasteiger partial charge in [0.25, 0.3) is 0 Å². The molecule has 3 rings (SSSR count). The first-order valence-corrected chi connectivity index (χ1v) is 8.90. The Morgan fingerprint density at radius 1 is 1.00 bits per heavy atom. The summed E-state index contributed by atoms with van der Waals surface area (Å²) >= 11 is 5.38.